The summed E-state index contributed by atoms with van der Waals surface area (Å²) in [5.74, 6) is 0. The van der Waals surface area contributed by atoms with Crippen LogP contribution >= 0.6 is 0 Å². The first-order valence-corrected chi connectivity index (χ1v) is 9.97. The fourth-order valence-corrected chi connectivity index (χ4v) is 3.99. The highest BCUT2D eigenvalue weighted by molar-refractivity contribution is 5.74. The number of rotatable bonds is 6. The van der Waals surface area contributed by atoms with Gasteiger partial charge in [0, 0.05) is 25.7 Å². The van der Waals surface area contributed by atoms with Gasteiger partial charge < -0.3 is 19.9 Å². The van der Waals surface area contributed by atoms with Gasteiger partial charge in [-0.1, -0.05) is 30.3 Å². The Hall–Kier alpha value is -1.59. The zero-order valence-electron chi connectivity index (χ0n) is 16.2. The van der Waals surface area contributed by atoms with E-state index in [1.165, 1.54) is 5.56 Å². The van der Waals surface area contributed by atoms with Gasteiger partial charge in [0.15, 0.2) is 0 Å². The second-order valence-corrected chi connectivity index (χ2v) is 8.02. The normalized spacial score (nSPS) is 24.5. The second kappa shape index (κ2) is 8.87. The number of hydrogen-bond acceptors (Lipinski definition) is 3. The van der Waals surface area contributed by atoms with E-state index >= 15 is 0 Å². The summed E-state index contributed by atoms with van der Waals surface area (Å²) in [6.45, 7) is 6.38. The molecule has 1 aromatic rings. The Bertz CT molecular complexity index is 564. The van der Waals surface area contributed by atoms with Crippen molar-refractivity contribution in [3.8, 4) is 0 Å². The zero-order chi connectivity index (χ0) is 18.4. The predicted octanol–water partition coefficient (Wildman–Crippen LogP) is 2.90. The maximum Gasteiger partial charge on any atom is 0.317 e. The summed E-state index contributed by atoms with van der Waals surface area (Å²) in [5, 5.41) is 3.16. The molecule has 26 heavy (non-hydrogen) atoms. The molecule has 144 valence electrons. The van der Waals surface area contributed by atoms with E-state index in [-0.39, 0.29) is 11.6 Å². The number of urea groups is 1. The fourth-order valence-electron chi connectivity index (χ4n) is 3.99. The Morgan fingerprint density at radius 2 is 2.04 bits per heavy atom. The molecule has 2 fully saturated rings. The average Bonchev–Trinajstić information content (AvgIpc) is 3.09. The molecule has 0 aliphatic carbocycles. The van der Waals surface area contributed by atoms with Crippen molar-refractivity contribution < 1.29 is 9.53 Å². The van der Waals surface area contributed by atoms with Crippen molar-refractivity contribution in [1.82, 2.24) is 15.1 Å². The monoisotopic (exact) mass is 359 g/mol. The summed E-state index contributed by atoms with van der Waals surface area (Å²) in [6.07, 6.45) is 5.10. The topological polar surface area (TPSA) is 44.8 Å². The quantitative estimate of drug-likeness (QED) is 0.849. The predicted molar refractivity (Wildman–Crippen MR) is 104 cm³/mol. The van der Waals surface area contributed by atoms with E-state index in [0.717, 1.165) is 58.3 Å². The van der Waals surface area contributed by atoms with Crippen LogP contribution in [0, 0.1) is 0 Å². The molecule has 1 aromatic carbocycles. The van der Waals surface area contributed by atoms with Crippen molar-refractivity contribution in [3.05, 3.63) is 35.9 Å². The van der Waals surface area contributed by atoms with Crippen LogP contribution in [0.5, 0.6) is 0 Å². The molecule has 0 bridgehead atoms. The highest BCUT2D eigenvalue weighted by Gasteiger charge is 2.32. The SMILES string of the molecule is CN1CCC(N(CCc2ccccc2)C(=O)NC[C@]2(C)CCCO2)CC1. The molecule has 0 saturated carbocycles. The van der Waals surface area contributed by atoms with Gasteiger partial charge in [0.25, 0.3) is 0 Å². The van der Waals surface area contributed by atoms with Crippen LogP contribution in [-0.2, 0) is 11.2 Å². The molecule has 2 aliphatic heterocycles. The van der Waals surface area contributed by atoms with Gasteiger partial charge in [-0.2, -0.15) is 0 Å². The smallest absolute Gasteiger partial charge is 0.317 e. The van der Waals surface area contributed by atoms with Crippen LogP contribution in [-0.4, -0.2) is 67.3 Å². The van der Waals surface area contributed by atoms with Crippen LogP contribution in [0.3, 0.4) is 0 Å². The minimum Gasteiger partial charge on any atom is -0.373 e. The van der Waals surface area contributed by atoms with Gasteiger partial charge in [-0.3, -0.25) is 0 Å². The molecule has 0 radical (unpaired) electrons. The van der Waals surface area contributed by atoms with E-state index in [0.29, 0.717) is 12.6 Å². The molecule has 2 heterocycles. The van der Waals surface area contributed by atoms with Gasteiger partial charge in [-0.25, -0.2) is 4.79 Å². The average molecular weight is 360 g/mol. The number of carbonyl (C=O) groups excluding carboxylic acids is 1. The lowest BCUT2D eigenvalue weighted by Crippen LogP contribution is -2.53. The third-order valence-electron chi connectivity index (χ3n) is 5.79. The van der Waals surface area contributed by atoms with E-state index in [1.807, 2.05) is 6.07 Å². The number of piperidine rings is 1. The number of benzene rings is 1. The second-order valence-electron chi connectivity index (χ2n) is 8.02. The first-order chi connectivity index (χ1) is 12.6. The maximum absolute atomic E-state index is 13.0. The molecule has 2 amide bonds. The Morgan fingerprint density at radius 1 is 1.31 bits per heavy atom. The molecule has 1 atom stereocenters. The summed E-state index contributed by atoms with van der Waals surface area (Å²) in [4.78, 5) is 17.4. The highest BCUT2D eigenvalue weighted by atomic mass is 16.5. The summed E-state index contributed by atoms with van der Waals surface area (Å²) in [5.41, 5.74) is 1.08. The van der Waals surface area contributed by atoms with Crippen LogP contribution in [0.4, 0.5) is 4.79 Å². The standard InChI is InChI=1S/C21H33N3O2/c1-21(12-6-16-26-21)17-22-20(25)24(19-10-13-23(2)14-11-19)15-9-18-7-4-3-5-8-18/h3-5,7-8,19H,6,9-17H2,1-2H3,(H,22,25)/t21-/m0/s1. The number of ether oxygens (including phenoxy) is 1. The molecule has 3 rings (SSSR count). The van der Waals surface area contributed by atoms with Gasteiger partial charge in [-0.15, -0.1) is 0 Å². The Balaban J connectivity index is 1.60. The molecule has 0 spiro atoms. The molecular formula is C21H33N3O2. The third-order valence-corrected chi connectivity index (χ3v) is 5.79. The molecule has 5 heteroatoms. The Morgan fingerprint density at radius 3 is 2.69 bits per heavy atom. The molecule has 5 nitrogen and oxygen atoms in total. The lowest BCUT2D eigenvalue weighted by Gasteiger charge is -2.38. The van der Waals surface area contributed by atoms with Crippen molar-refractivity contribution in [2.45, 2.75) is 50.7 Å². The minimum atomic E-state index is -0.201. The largest absolute Gasteiger partial charge is 0.373 e. The van der Waals surface area contributed by atoms with Gasteiger partial charge in [0.1, 0.15) is 0 Å². The third kappa shape index (κ3) is 5.21. The molecule has 2 saturated heterocycles. The fraction of sp³-hybridized carbons (Fsp3) is 0.667. The van der Waals surface area contributed by atoms with Crippen LogP contribution in [0.2, 0.25) is 0 Å². The number of nitrogens with zero attached hydrogens (tertiary/aromatic N) is 2. The van der Waals surface area contributed by atoms with Crippen molar-refractivity contribution in [3.63, 3.8) is 0 Å². The number of hydrogen-bond donors (Lipinski definition) is 1. The molecular weight excluding hydrogens is 326 g/mol. The summed E-state index contributed by atoms with van der Waals surface area (Å²) in [7, 11) is 2.16. The number of likely N-dealkylation sites (tertiary alicyclic amines) is 1. The number of carbonyl (C=O) groups is 1. The Kier molecular flexibility index (Phi) is 6.54. The van der Waals surface area contributed by atoms with E-state index in [9.17, 15) is 4.79 Å². The summed E-state index contributed by atoms with van der Waals surface area (Å²) >= 11 is 0. The number of amides is 2. The van der Waals surface area contributed by atoms with E-state index in [4.69, 9.17) is 4.74 Å². The van der Waals surface area contributed by atoms with Crippen LogP contribution in [0.1, 0.15) is 38.2 Å². The van der Waals surface area contributed by atoms with Crippen molar-refractivity contribution in [2.75, 3.05) is 39.8 Å². The van der Waals surface area contributed by atoms with Crippen LogP contribution in [0.25, 0.3) is 0 Å². The summed E-state index contributed by atoms with van der Waals surface area (Å²) < 4.78 is 5.82. The maximum atomic E-state index is 13.0. The van der Waals surface area contributed by atoms with E-state index in [1.54, 1.807) is 0 Å². The molecule has 2 aliphatic rings. The van der Waals surface area contributed by atoms with Gasteiger partial charge >= 0.3 is 6.03 Å². The van der Waals surface area contributed by atoms with Gasteiger partial charge in [0.2, 0.25) is 0 Å². The minimum absolute atomic E-state index is 0.0622. The van der Waals surface area contributed by atoms with Gasteiger partial charge in [0.05, 0.1) is 5.60 Å². The van der Waals surface area contributed by atoms with Crippen LogP contribution < -0.4 is 5.32 Å². The Labute approximate surface area is 157 Å². The van der Waals surface area contributed by atoms with Gasteiger partial charge in [-0.05, 0) is 64.7 Å². The van der Waals surface area contributed by atoms with Crippen molar-refractivity contribution in [2.24, 2.45) is 0 Å². The zero-order valence-corrected chi connectivity index (χ0v) is 16.2. The van der Waals surface area contributed by atoms with E-state index in [2.05, 4.69) is 53.4 Å². The first kappa shape index (κ1) is 19.2. The lowest BCUT2D eigenvalue weighted by atomic mass is 10.0. The molecule has 1 N–H and O–H groups in total. The summed E-state index contributed by atoms with van der Waals surface area (Å²) in [6, 6.07) is 10.8. The van der Waals surface area contributed by atoms with Crippen LogP contribution in [0.15, 0.2) is 30.3 Å². The highest BCUT2D eigenvalue weighted by Crippen LogP contribution is 2.24. The van der Waals surface area contributed by atoms with Crippen molar-refractivity contribution in [1.29, 1.82) is 0 Å². The van der Waals surface area contributed by atoms with Crippen molar-refractivity contribution >= 4 is 6.03 Å². The molecule has 0 unspecified atom stereocenters. The van der Waals surface area contributed by atoms with E-state index < -0.39 is 0 Å². The lowest BCUT2D eigenvalue weighted by molar-refractivity contribution is 0.0210. The molecule has 0 aromatic heterocycles. The number of nitrogens with one attached hydrogen (secondary N) is 1. The first-order valence-electron chi connectivity index (χ1n) is 9.97.